The smallest absolute Gasteiger partial charge is 0.133 e. The van der Waals surface area contributed by atoms with Crippen LogP contribution in [0.5, 0.6) is 0 Å². The third kappa shape index (κ3) is 8.46. The molecule has 0 radical (unpaired) electrons. The zero-order chi connectivity index (χ0) is 24.9. The van der Waals surface area contributed by atoms with Gasteiger partial charge in [-0.3, -0.25) is 0 Å². The predicted octanol–water partition coefficient (Wildman–Crippen LogP) is 9.64. The number of fused-ring (bicyclic) bond motifs is 2. The largest absolute Gasteiger partial charge is 0.512 e. The molecule has 1 aromatic carbocycles. The van der Waals surface area contributed by atoms with Gasteiger partial charge in [0.25, 0.3) is 0 Å². The minimum absolute atomic E-state index is 0.0602. The van der Waals surface area contributed by atoms with Crippen LogP contribution in [0.2, 0.25) is 0 Å². The highest BCUT2D eigenvalue weighted by molar-refractivity contribution is 7.74. The molecule has 0 spiro atoms. The van der Waals surface area contributed by atoms with Gasteiger partial charge in [0.05, 0.1) is 30.0 Å². The summed E-state index contributed by atoms with van der Waals surface area (Å²) in [6, 6.07) is 10.7. The molecule has 2 aliphatic rings. The number of allylic oxidation sites excluding steroid dienone is 9. The van der Waals surface area contributed by atoms with E-state index in [1.807, 2.05) is 6.08 Å². The summed E-state index contributed by atoms with van der Waals surface area (Å²) in [5.41, 5.74) is 4.89. The molecule has 1 aromatic rings. The van der Waals surface area contributed by atoms with E-state index in [9.17, 15) is 5.11 Å². The number of hydrogen-bond donors (Lipinski definition) is 1. The standard InChI is InChI=1S/C32H44NOP/c1-4-7-21-35(22-8-5-2,23-9-6-3)33-31(29-17-11-10-12-18-29)26-30-25-28-16-14-13-15-27(24-28)19-20-32(30)34/h10-20,25,30H,4-9,21-24,26H2,1-3H3/p+1/b27-19-,28-25-,32-20+,33-31-. The molecule has 2 nitrogen and oxygen atoms in total. The molecule has 1 N–H and O–H groups in total. The van der Waals surface area contributed by atoms with Crippen molar-refractivity contribution in [1.29, 1.82) is 0 Å². The molecule has 1 unspecified atom stereocenters. The lowest BCUT2D eigenvalue weighted by Crippen LogP contribution is -2.15. The Morgan fingerprint density at radius 1 is 0.857 bits per heavy atom. The van der Waals surface area contributed by atoms with Crippen LogP contribution < -0.4 is 0 Å². The number of aliphatic hydroxyl groups is 1. The quantitative estimate of drug-likeness (QED) is 0.217. The summed E-state index contributed by atoms with van der Waals surface area (Å²) in [6.07, 6.45) is 27.6. The third-order valence-corrected chi connectivity index (χ3v) is 11.2. The molecule has 2 bridgehead atoms. The number of rotatable bonds is 13. The van der Waals surface area contributed by atoms with E-state index in [1.165, 1.54) is 79.4 Å². The first kappa shape index (κ1) is 27.4. The topological polar surface area (TPSA) is 32.6 Å². The van der Waals surface area contributed by atoms with Crippen LogP contribution in [0.3, 0.4) is 0 Å². The van der Waals surface area contributed by atoms with E-state index >= 15 is 0 Å². The van der Waals surface area contributed by atoms with Gasteiger partial charge in [-0.25, -0.2) is 0 Å². The Morgan fingerprint density at radius 3 is 2.06 bits per heavy atom. The van der Waals surface area contributed by atoms with Crippen molar-refractivity contribution in [2.24, 2.45) is 10.7 Å². The Balaban J connectivity index is 2.05. The zero-order valence-electron chi connectivity index (χ0n) is 22.1. The fraction of sp³-hybridized carbons (Fsp3) is 0.469. The van der Waals surface area contributed by atoms with Gasteiger partial charge in [0.15, 0.2) is 0 Å². The molecule has 0 aromatic heterocycles. The van der Waals surface area contributed by atoms with Gasteiger partial charge in [0.1, 0.15) is 7.41 Å². The number of hydrogen-bond acceptors (Lipinski definition) is 2. The molecule has 1 atom stereocenters. The van der Waals surface area contributed by atoms with Crippen LogP contribution >= 0.6 is 7.41 Å². The second-order valence-corrected chi connectivity index (χ2v) is 13.8. The lowest BCUT2D eigenvalue weighted by molar-refractivity contribution is 0.358. The molecule has 188 valence electrons. The minimum atomic E-state index is -1.47. The summed E-state index contributed by atoms with van der Waals surface area (Å²) in [5.74, 6) is 0.376. The van der Waals surface area contributed by atoms with E-state index in [-0.39, 0.29) is 5.92 Å². The highest BCUT2D eigenvalue weighted by Crippen LogP contribution is 2.63. The molecular formula is C32H45NOP+. The van der Waals surface area contributed by atoms with Crippen LogP contribution in [0.1, 0.15) is 77.7 Å². The Morgan fingerprint density at radius 2 is 1.46 bits per heavy atom. The molecule has 0 aliphatic heterocycles. The van der Waals surface area contributed by atoms with Gasteiger partial charge in [0, 0.05) is 12.3 Å². The van der Waals surface area contributed by atoms with Crippen LogP contribution in [-0.2, 0) is 0 Å². The molecule has 0 heterocycles. The first-order valence-electron chi connectivity index (χ1n) is 13.7. The van der Waals surface area contributed by atoms with Crippen LogP contribution in [0.25, 0.3) is 0 Å². The fourth-order valence-corrected chi connectivity index (χ4v) is 9.31. The monoisotopic (exact) mass is 490 g/mol. The molecule has 0 fully saturated rings. The van der Waals surface area contributed by atoms with E-state index in [2.05, 4.69) is 87.6 Å². The lowest BCUT2D eigenvalue weighted by atomic mass is 9.90. The summed E-state index contributed by atoms with van der Waals surface area (Å²) < 4.78 is 5.79. The van der Waals surface area contributed by atoms with E-state index in [1.54, 1.807) is 0 Å². The zero-order valence-corrected chi connectivity index (χ0v) is 23.0. The Labute approximate surface area is 214 Å². The Kier molecular flexibility index (Phi) is 11.3. The van der Waals surface area contributed by atoms with Crippen molar-refractivity contribution in [2.75, 3.05) is 18.5 Å². The summed E-state index contributed by atoms with van der Waals surface area (Å²) >= 11 is 0. The van der Waals surface area contributed by atoms with Crippen molar-refractivity contribution in [3.8, 4) is 0 Å². The first-order valence-corrected chi connectivity index (χ1v) is 16.0. The van der Waals surface area contributed by atoms with Gasteiger partial charge in [-0.05, 0) is 48.5 Å². The highest BCUT2D eigenvalue weighted by atomic mass is 31.2. The van der Waals surface area contributed by atoms with Crippen molar-refractivity contribution >= 4 is 13.1 Å². The molecule has 0 saturated heterocycles. The summed E-state index contributed by atoms with van der Waals surface area (Å²) in [6.45, 7) is 6.91. The SMILES string of the molecule is CCCC[P+](CCCC)(CCCC)/N=C(/CC1/C=C2/C=CC=C/C(=C/C=C\1O)C2)c1ccccc1. The fourth-order valence-electron chi connectivity index (χ4n) is 4.92. The van der Waals surface area contributed by atoms with Gasteiger partial charge in [-0.2, -0.15) is 0 Å². The van der Waals surface area contributed by atoms with Crippen molar-refractivity contribution in [3.05, 3.63) is 95.3 Å². The van der Waals surface area contributed by atoms with Crippen LogP contribution in [0.15, 0.2) is 94.5 Å². The van der Waals surface area contributed by atoms with Crippen molar-refractivity contribution in [2.45, 2.75) is 72.1 Å². The van der Waals surface area contributed by atoms with Crippen molar-refractivity contribution < 1.29 is 5.11 Å². The van der Waals surface area contributed by atoms with Gasteiger partial charge >= 0.3 is 0 Å². The number of unbranched alkanes of at least 4 members (excludes halogenated alkanes) is 3. The number of nitrogens with zero attached hydrogens (tertiary/aromatic N) is 1. The van der Waals surface area contributed by atoms with E-state index < -0.39 is 7.41 Å². The molecule has 0 saturated carbocycles. The van der Waals surface area contributed by atoms with Gasteiger partial charge in [-0.1, -0.05) is 107 Å². The number of aliphatic hydroxyl groups excluding tert-OH is 1. The normalized spacial score (nSPS) is 22.8. The maximum Gasteiger partial charge on any atom is 0.133 e. The Bertz CT molecular complexity index is 958. The molecule has 0 amide bonds. The second kappa shape index (κ2) is 14.4. The van der Waals surface area contributed by atoms with Gasteiger partial charge < -0.3 is 5.11 Å². The van der Waals surface area contributed by atoms with E-state index in [0.717, 1.165) is 12.8 Å². The van der Waals surface area contributed by atoms with Gasteiger partial charge in [0.2, 0.25) is 0 Å². The second-order valence-electron chi connectivity index (χ2n) is 10.0. The predicted molar refractivity (Wildman–Crippen MR) is 157 cm³/mol. The summed E-state index contributed by atoms with van der Waals surface area (Å²) in [7, 11) is -1.47. The number of benzene rings is 1. The van der Waals surface area contributed by atoms with Crippen LogP contribution in [0.4, 0.5) is 0 Å². The molecule has 35 heavy (non-hydrogen) atoms. The maximum absolute atomic E-state index is 11.1. The molecule has 3 heteroatoms. The molecule has 3 rings (SSSR count). The van der Waals surface area contributed by atoms with Crippen molar-refractivity contribution in [3.63, 3.8) is 0 Å². The average Bonchev–Trinajstić information content (AvgIpc) is 3.13. The van der Waals surface area contributed by atoms with Gasteiger partial charge in [-0.15, -0.1) is 4.76 Å². The van der Waals surface area contributed by atoms with Crippen LogP contribution in [-0.4, -0.2) is 29.3 Å². The van der Waals surface area contributed by atoms with Crippen molar-refractivity contribution in [1.82, 2.24) is 0 Å². The lowest BCUT2D eigenvalue weighted by Gasteiger charge is -2.25. The maximum atomic E-state index is 11.1. The highest BCUT2D eigenvalue weighted by Gasteiger charge is 2.37. The van der Waals surface area contributed by atoms with E-state index in [4.69, 9.17) is 4.76 Å². The molecule has 2 aliphatic carbocycles. The minimum Gasteiger partial charge on any atom is -0.512 e. The summed E-state index contributed by atoms with van der Waals surface area (Å²) in [4.78, 5) is 0. The first-order chi connectivity index (χ1) is 17.1. The Hall–Kier alpha value is -2.18. The van der Waals surface area contributed by atoms with E-state index in [0.29, 0.717) is 5.76 Å². The average molecular weight is 491 g/mol. The summed E-state index contributed by atoms with van der Waals surface area (Å²) in [5, 5.41) is 11.1. The third-order valence-electron chi connectivity index (χ3n) is 7.04. The van der Waals surface area contributed by atoms with Crippen LogP contribution in [0, 0.1) is 5.92 Å². The molecular weight excluding hydrogens is 445 g/mol.